The van der Waals surface area contributed by atoms with Crippen LogP contribution in [-0.2, 0) is 6.42 Å². The summed E-state index contributed by atoms with van der Waals surface area (Å²) in [6, 6.07) is 5.31. The second kappa shape index (κ2) is 6.74. The highest BCUT2D eigenvalue weighted by Gasteiger charge is 2.27. The third kappa shape index (κ3) is 3.44. The summed E-state index contributed by atoms with van der Waals surface area (Å²) in [5, 5.41) is 1.69. The maximum Gasteiger partial charge on any atom is 0.168 e. The first-order chi connectivity index (χ1) is 8.12. The van der Waals surface area contributed by atoms with E-state index in [1.54, 1.807) is 6.07 Å². The van der Waals surface area contributed by atoms with Gasteiger partial charge in [-0.2, -0.15) is 0 Å². The van der Waals surface area contributed by atoms with Gasteiger partial charge in [0.2, 0.25) is 0 Å². The van der Waals surface area contributed by atoms with Gasteiger partial charge in [0.15, 0.2) is 11.6 Å². The zero-order valence-electron chi connectivity index (χ0n) is 10.1. The van der Waals surface area contributed by atoms with Crippen LogP contribution in [0.4, 0.5) is 4.39 Å². The molecule has 0 atom stereocenters. The van der Waals surface area contributed by atoms with E-state index in [4.69, 9.17) is 4.74 Å². The van der Waals surface area contributed by atoms with E-state index in [1.165, 1.54) is 7.11 Å². The summed E-state index contributed by atoms with van der Waals surface area (Å²) >= 11 is 7.05. The van der Waals surface area contributed by atoms with E-state index in [2.05, 4.69) is 38.8 Å². The molecule has 0 unspecified atom stereocenters. The summed E-state index contributed by atoms with van der Waals surface area (Å²) in [6.45, 7) is 2.13. The van der Waals surface area contributed by atoms with Gasteiger partial charge in [-0.05, 0) is 29.9 Å². The van der Waals surface area contributed by atoms with Crippen molar-refractivity contribution in [1.82, 2.24) is 0 Å². The Balaban J connectivity index is 3.01. The monoisotopic (exact) mass is 366 g/mol. The first kappa shape index (κ1) is 15.0. The summed E-state index contributed by atoms with van der Waals surface area (Å²) in [7, 11) is 1.49. The van der Waals surface area contributed by atoms with Crippen LogP contribution < -0.4 is 4.74 Å². The van der Waals surface area contributed by atoms with Gasteiger partial charge in [0.1, 0.15) is 0 Å². The molecule has 0 aliphatic rings. The average molecular weight is 368 g/mol. The highest BCUT2D eigenvalue weighted by molar-refractivity contribution is 9.09. The second-order valence-electron chi connectivity index (χ2n) is 4.23. The Kier molecular flexibility index (Phi) is 5.93. The molecule has 1 nitrogen and oxygen atoms in total. The Bertz CT molecular complexity index is 356. The molecule has 0 amide bonds. The van der Waals surface area contributed by atoms with Gasteiger partial charge >= 0.3 is 0 Å². The first-order valence-electron chi connectivity index (χ1n) is 5.55. The van der Waals surface area contributed by atoms with Gasteiger partial charge < -0.3 is 4.74 Å². The zero-order valence-corrected chi connectivity index (χ0v) is 13.3. The van der Waals surface area contributed by atoms with E-state index in [9.17, 15) is 4.39 Å². The van der Waals surface area contributed by atoms with Crippen LogP contribution in [0.3, 0.4) is 0 Å². The molecule has 0 bridgehead atoms. The lowest BCUT2D eigenvalue weighted by atomic mass is 9.83. The van der Waals surface area contributed by atoms with Gasteiger partial charge in [0.05, 0.1) is 7.11 Å². The van der Waals surface area contributed by atoms with Gasteiger partial charge in [-0.25, -0.2) is 4.39 Å². The molecule has 17 heavy (non-hydrogen) atoms. The number of rotatable bonds is 6. The lowest BCUT2D eigenvalue weighted by molar-refractivity contribution is 0.354. The molecule has 0 saturated heterocycles. The van der Waals surface area contributed by atoms with Gasteiger partial charge in [0.25, 0.3) is 0 Å². The van der Waals surface area contributed by atoms with Crippen molar-refractivity contribution in [2.24, 2.45) is 5.41 Å². The quantitative estimate of drug-likeness (QED) is 0.669. The Morgan fingerprint density at radius 1 is 1.29 bits per heavy atom. The van der Waals surface area contributed by atoms with Gasteiger partial charge in [-0.1, -0.05) is 50.9 Å². The number of hydrogen-bond acceptors (Lipinski definition) is 1. The highest BCUT2D eigenvalue weighted by atomic mass is 79.9. The van der Waals surface area contributed by atoms with Crippen molar-refractivity contribution in [3.8, 4) is 5.75 Å². The molecule has 0 fully saturated rings. The molecule has 0 aromatic heterocycles. The van der Waals surface area contributed by atoms with E-state index in [-0.39, 0.29) is 11.2 Å². The normalized spacial score (nSPS) is 11.6. The molecular formula is C13H17Br2FO. The molecule has 1 aromatic carbocycles. The second-order valence-corrected chi connectivity index (χ2v) is 5.35. The van der Waals surface area contributed by atoms with Crippen LogP contribution >= 0.6 is 31.9 Å². The fourth-order valence-corrected chi connectivity index (χ4v) is 3.82. The number of ether oxygens (including phenoxy) is 1. The van der Waals surface area contributed by atoms with Crippen LogP contribution in [-0.4, -0.2) is 17.8 Å². The summed E-state index contributed by atoms with van der Waals surface area (Å²) in [5.41, 5.74) is 0.762. The molecule has 4 heteroatoms. The van der Waals surface area contributed by atoms with E-state index >= 15 is 0 Å². The molecule has 0 saturated carbocycles. The molecule has 96 valence electrons. The van der Waals surface area contributed by atoms with Crippen LogP contribution in [0.5, 0.6) is 5.75 Å². The van der Waals surface area contributed by atoms with Crippen LogP contribution in [0.25, 0.3) is 0 Å². The molecule has 0 N–H and O–H groups in total. The summed E-state index contributed by atoms with van der Waals surface area (Å²) in [6.07, 6.45) is 1.68. The average Bonchev–Trinajstić information content (AvgIpc) is 2.38. The maximum absolute atomic E-state index is 14.1. The lowest BCUT2D eigenvalue weighted by Gasteiger charge is -2.29. The minimum atomic E-state index is -0.241. The van der Waals surface area contributed by atoms with Crippen molar-refractivity contribution < 1.29 is 9.13 Å². The fourth-order valence-electron chi connectivity index (χ4n) is 1.70. The van der Waals surface area contributed by atoms with E-state index in [0.717, 1.165) is 17.1 Å². The predicted octanol–water partition coefficient (Wildman–Crippen LogP) is 4.56. The minimum Gasteiger partial charge on any atom is -0.494 e. The van der Waals surface area contributed by atoms with E-state index in [0.29, 0.717) is 17.7 Å². The van der Waals surface area contributed by atoms with Crippen molar-refractivity contribution in [2.45, 2.75) is 19.8 Å². The number of hydrogen-bond donors (Lipinski definition) is 0. The molecule has 0 radical (unpaired) electrons. The van der Waals surface area contributed by atoms with Crippen LogP contribution in [0.15, 0.2) is 18.2 Å². The maximum atomic E-state index is 14.1. The van der Waals surface area contributed by atoms with Crippen LogP contribution in [0.2, 0.25) is 0 Å². The Morgan fingerprint density at radius 2 is 1.94 bits per heavy atom. The molecule has 1 aromatic rings. The van der Waals surface area contributed by atoms with Crippen molar-refractivity contribution >= 4 is 31.9 Å². The lowest BCUT2D eigenvalue weighted by Crippen LogP contribution is -2.27. The molecule has 0 heterocycles. The van der Waals surface area contributed by atoms with Gasteiger partial charge in [-0.15, -0.1) is 0 Å². The van der Waals surface area contributed by atoms with Gasteiger partial charge in [0, 0.05) is 10.7 Å². The topological polar surface area (TPSA) is 9.23 Å². The third-order valence-electron chi connectivity index (χ3n) is 3.15. The Labute approximate surface area is 119 Å². The fraction of sp³-hybridized carbons (Fsp3) is 0.538. The number of alkyl halides is 2. The Morgan fingerprint density at radius 3 is 2.41 bits per heavy atom. The van der Waals surface area contributed by atoms with Crippen molar-refractivity contribution in [3.05, 3.63) is 29.6 Å². The van der Waals surface area contributed by atoms with Crippen LogP contribution in [0, 0.1) is 11.2 Å². The van der Waals surface area contributed by atoms with Crippen molar-refractivity contribution in [3.63, 3.8) is 0 Å². The Hall–Kier alpha value is -0.0900. The smallest absolute Gasteiger partial charge is 0.168 e. The molecule has 1 rings (SSSR count). The first-order valence-corrected chi connectivity index (χ1v) is 7.80. The van der Waals surface area contributed by atoms with Crippen LogP contribution in [0.1, 0.15) is 18.9 Å². The zero-order chi connectivity index (χ0) is 12.9. The van der Waals surface area contributed by atoms with Gasteiger partial charge in [-0.3, -0.25) is 0 Å². The van der Waals surface area contributed by atoms with Crippen molar-refractivity contribution in [2.75, 3.05) is 17.8 Å². The SMILES string of the molecule is CCC(CBr)(CBr)Cc1cccc(OC)c1F. The number of halogens is 3. The largest absolute Gasteiger partial charge is 0.494 e. The minimum absolute atomic E-state index is 0.0488. The molecule has 0 aliphatic heterocycles. The molecule has 0 aliphatic carbocycles. The molecule has 0 spiro atoms. The summed E-state index contributed by atoms with van der Waals surface area (Å²) < 4.78 is 19.1. The molecular weight excluding hydrogens is 351 g/mol. The number of benzene rings is 1. The summed E-state index contributed by atoms with van der Waals surface area (Å²) in [4.78, 5) is 0. The van der Waals surface area contributed by atoms with Crippen molar-refractivity contribution in [1.29, 1.82) is 0 Å². The third-order valence-corrected chi connectivity index (χ3v) is 5.52. The predicted molar refractivity (Wildman–Crippen MR) is 77.0 cm³/mol. The standard InChI is InChI=1S/C13H17Br2FO/c1-3-13(8-14,9-15)7-10-5-4-6-11(17-2)12(10)16/h4-6H,3,7-9H2,1-2H3. The highest BCUT2D eigenvalue weighted by Crippen LogP contribution is 2.33. The van der Waals surface area contributed by atoms with E-state index in [1.807, 2.05) is 12.1 Å². The van der Waals surface area contributed by atoms with E-state index < -0.39 is 0 Å². The summed E-state index contributed by atoms with van der Waals surface area (Å²) in [5.74, 6) is 0.0753. The number of methoxy groups -OCH3 is 1.